The van der Waals surface area contributed by atoms with E-state index in [-0.39, 0.29) is 19.5 Å². The van der Waals surface area contributed by atoms with Gasteiger partial charge in [-0.25, -0.2) is 0 Å². The molecule has 0 spiro atoms. The van der Waals surface area contributed by atoms with Crippen LogP contribution in [0.3, 0.4) is 0 Å². The molecule has 0 aliphatic heterocycles. The monoisotopic (exact) mass is 286 g/mol. The van der Waals surface area contributed by atoms with E-state index in [1.54, 1.807) is 27.9 Å². The Morgan fingerprint density at radius 3 is 2.06 bits per heavy atom. The Hall–Kier alpha value is -1.02. The topological polar surface area (TPSA) is 49.4 Å². The summed E-state index contributed by atoms with van der Waals surface area (Å²) in [5.41, 5.74) is 0.286. The van der Waals surface area contributed by atoms with Gasteiger partial charge in [0.2, 0.25) is 0 Å². The summed E-state index contributed by atoms with van der Waals surface area (Å²) in [4.78, 5) is 9.91. The number of benzene rings is 1. The van der Waals surface area contributed by atoms with Crippen LogP contribution < -0.4 is 9.84 Å². The molecule has 4 heteroatoms. The van der Waals surface area contributed by atoms with Gasteiger partial charge in [0.15, 0.2) is 0 Å². The van der Waals surface area contributed by atoms with Crippen LogP contribution >= 0.6 is 0 Å². The maximum atomic E-state index is 9.91. The van der Waals surface area contributed by atoms with Crippen LogP contribution in [-0.4, -0.2) is 13.1 Å². The van der Waals surface area contributed by atoms with Crippen LogP contribution in [0.2, 0.25) is 0 Å². The maximum absolute atomic E-state index is 9.91. The van der Waals surface area contributed by atoms with Crippen molar-refractivity contribution < 1.29 is 34.1 Å². The number of aliphatic carboxylic acids is 1. The molecule has 1 aromatic rings. The van der Waals surface area contributed by atoms with E-state index >= 15 is 0 Å². The molecule has 1 aromatic carbocycles. The smallest absolute Gasteiger partial charge is 0.550 e. The minimum absolute atomic E-state index is 0. The fraction of sp³-hybridized carbons (Fsp3) is 0.385. The Kier molecular flexibility index (Phi) is 8.78. The number of carboxylic acid groups (broad SMARTS) is 1. The number of rotatable bonds is 1. The van der Waals surface area contributed by atoms with E-state index in [1.165, 1.54) is 0 Å². The third-order valence-electron chi connectivity index (χ3n) is 1.75. The van der Waals surface area contributed by atoms with E-state index in [1.807, 2.05) is 24.3 Å². The van der Waals surface area contributed by atoms with Crippen molar-refractivity contribution in [2.24, 2.45) is 5.41 Å². The first-order chi connectivity index (χ1) is 7.27. The number of carboxylic acids is 1. The van der Waals surface area contributed by atoms with Crippen LogP contribution in [0.4, 0.5) is 0 Å². The van der Waals surface area contributed by atoms with Crippen molar-refractivity contribution in [1.29, 1.82) is 0 Å². The van der Waals surface area contributed by atoms with Gasteiger partial charge < -0.3 is 14.6 Å². The standard InChI is InChI=1S/C8H9O.C5H10O2.Zn/c1-7-4-3-5-8(6-7)9-2;1-5(2,3)4(6)7;/h3-6H,1H2,2H3;1-3H3,(H,6,7);/q-1;;+2/p-1. The molecule has 0 amide bonds. The number of methoxy groups -OCH3 is 1. The molecule has 0 aliphatic rings. The molecule has 1 rings (SSSR count). The van der Waals surface area contributed by atoms with Crippen molar-refractivity contribution in [3.8, 4) is 5.75 Å². The zero-order valence-corrected chi connectivity index (χ0v) is 13.9. The van der Waals surface area contributed by atoms with E-state index in [0.717, 1.165) is 11.3 Å². The van der Waals surface area contributed by atoms with E-state index in [0.29, 0.717) is 0 Å². The summed E-state index contributed by atoms with van der Waals surface area (Å²) < 4.78 is 4.96. The molecular weight excluding hydrogens is 270 g/mol. The average molecular weight is 288 g/mol. The largest absolute Gasteiger partial charge is 2.00 e. The fourth-order valence-electron chi connectivity index (χ4n) is 0.672. The quantitative estimate of drug-likeness (QED) is 0.583. The Labute approximate surface area is 116 Å². The Bertz CT molecular complexity index is 343. The van der Waals surface area contributed by atoms with Crippen molar-refractivity contribution in [2.75, 3.05) is 7.11 Å². The third-order valence-corrected chi connectivity index (χ3v) is 1.75. The summed E-state index contributed by atoms with van der Waals surface area (Å²) >= 11 is 0. The van der Waals surface area contributed by atoms with Crippen LogP contribution in [-0.2, 0) is 24.3 Å². The van der Waals surface area contributed by atoms with Gasteiger partial charge in [-0.3, -0.25) is 0 Å². The Balaban J connectivity index is 0. The summed E-state index contributed by atoms with van der Waals surface area (Å²) in [5, 5.41) is 9.91. The number of ether oxygens (including phenoxy) is 1. The molecule has 3 nitrogen and oxygen atoms in total. The van der Waals surface area contributed by atoms with Crippen LogP contribution in [0.25, 0.3) is 0 Å². The van der Waals surface area contributed by atoms with Crippen molar-refractivity contribution in [1.82, 2.24) is 0 Å². The van der Waals surface area contributed by atoms with E-state index < -0.39 is 11.4 Å². The second kappa shape index (κ2) is 8.13. The minimum atomic E-state index is -1.01. The van der Waals surface area contributed by atoms with E-state index in [4.69, 9.17) is 4.74 Å². The molecule has 0 aromatic heterocycles. The molecule has 0 radical (unpaired) electrons. The van der Waals surface area contributed by atoms with Gasteiger partial charge in [0, 0.05) is 11.4 Å². The molecule has 0 unspecified atom stereocenters. The van der Waals surface area contributed by atoms with Gasteiger partial charge >= 0.3 is 19.5 Å². The summed E-state index contributed by atoms with van der Waals surface area (Å²) in [6, 6.07) is 7.64. The molecule has 0 saturated carbocycles. The van der Waals surface area contributed by atoms with Crippen LogP contribution in [0.15, 0.2) is 24.3 Å². The SMILES string of the molecule is CC(C)(C)C(=O)[O-].[CH2-]c1cccc(OC)c1.[Zn+2]. The molecule has 0 heterocycles. The van der Waals surface area contributed by atoms with Gasteiger partial charge in [0.1, 0.15) is 0 Å². The Morgan fingerprint density at radius 2 is 1.82 bits per heavy atom. The van der Waals surface area contributed by atoms with Gasteiger partial charge in [-0.15, -0.1) is 12.1 Å². The molecule has 0 N–H and O–H groups in total. The predicted octanol–water partition coefficient (Wildman–Crippen LogP) is 1.66. The summed E-state index contributed by atoms with van der Waals surface area (Å²) in [6.07, 6.45) is 0. The molecule has 90 valence electrons. The van der Waals surface area contributed by atoms with Crippen molar-refractivity contribution in [3.05, 3.63) is 36.8 Å². The number of hydrogen-bond acceptors (Lipinski definition) is 3. The number of carbonyl (C=O) groups is 1. The van der Waals surface area contributed by atoms with Crippen molar-refractivity contribution >= 4 is 5.97 Å². The summed E-state index contributed by atoms with van der Waals surface area (Å²) in [5.74, 6) is -0.144. The summed E-state index contributed by atoms with van der Waals surface area (Å²) in [7, 11) is 1.65. The van der Waals surface area contributed by atoms with Gasteiger partial charge in [-0.1, -0.05) is 20.8 Å². The zero-order valence-electron chi connectivity index (χ0n) is 10.9. The molecule has 0 aliphatic carbocycles. The first-order valence-electron chi connectivity index (χ1n) is 4.95. The molecular formula is C13H18O3Zn. The summed E-state index contributed by atoms with van der Waals surface area (Å²) in [6.45, 7) is 8.55. The molecule has 0 bridgehead atoms. The van der Waals surface area contributed by atoms with Gasteiger partial charge in [-0.05, 0) is 6.07 Å². The number of hydrogen-bond donors (Lipinski definition) is 0. The molecule has 0 atom stereocenters. The Morgan fingerprint density at radius 1 is 1.35 bits per heavy atom. The van der Waals surface area contributed by atoms with Crippen LogP contribution in [0.5, 0.6) is 5.75 Å². The zero-order chi connectivity index (χ0) is 12.8. The van der Waals surface area contributed by atoms with Crippen LogP contribution in [0, 0.1) is 12.3 Å². The third kappa shape index (κ3) is 8.76. The fourth-order valence-corrected chi connectivity index (χ4v) is 0.672. The first-order valence-corrected chi connectivity index (χ1v) is 4.95. The minimum Gasteiger partial charge on any atom is -0.550 e. The average Bonchev–Trinajstić information content (AvgIpc) is 2.17. The predicted molar refractivity (Wildman–Crippen MR) is 61.9 cm³/mol. The van der Waals surface area contributed by atoms with Gasteiger partial charge in [0.25, 0.3) is 0 Å². The van der Waals surface area contributed by atoms with Gasteiger partial charge in [-0.2, -0.15) is 18.6 Å². The normalized spacial score (nSPS) is 9.41. The van der Waals surface area contributed by atoms with Crippen molar-refractivity contribution in [3.63, 3.8) is 0 Å². The van der Waals surface area contributed by atoms with Crippen LogP contribution in [0.1, 0.15) is 26.3 Å². The second-order valence-electron chi connectivity index (χ2n) is 4.39. The van der Waals surface area contributed by atoms with E-state index in [2.05, 4.69) is 6.92 Å². The first kappa shape index (κ1) is 18.4. The maximum Gasteiger partial charge on any atom is 2.00 e. The second-order valence-corrected chi connectivity index (χ2v) is 4.39. The molecule has 0 saturated heterocycles. The molecule has 0 fully saturated rings. The van der Waals surface area contributed by atoms with Crippen molar-refractivity contribution in [2.45, 2.75) is 20.8 Å². The van der Waals surface area contributed by atoms with Gasteiger partial charge in [0.05, 0.1) is 12.9 Å². The number of carbonyl (C=O) groups excluding carboxylic acids is 1. The molecule has 17 heavy (non-hydrogen) atoms. The van der Waals surface area contributed by atoms with E-state index in [9.17, 15) is 9.90 Å².